The number of para-hydroxylation sites is 2. The Balaban J connectivity index is 1.56. The first-order valence-corrected chi connectivity index (χ1v) is 10.3. The molecule has 5 heteroatoms. The number of anilines is 3. The maximum Gasteiger partial charge on any atom is 0.272 e. The van der Waals surface area contributed by atoms with E-state index in [1.54, 1.807) is 0 Å². The summed E-state index contributed by atoms with van der Waals surface area (Å²) in [5.41, 5.74) is 4.75. The Morgan fingerprint density at radius 1 is 0.897 bits per heavy atom. The van der Waals surface area contributed by atoms with Crippen LogP contribution in [-0.2, 0) is 12.8 Å². The van der Waals surface area contributed by atoms with E-state index in [0.29, 0.717) is 12.2 Å². The average Bonchev–Trinajstić information content (AvgIpc) is 2.93. The Hall–Kier alpha value is -3.08. The molecule has 5 nitrogen and oxygen atoms in total. The molecule has 0 bridgehead atoms. The smallest absolute Gasteiger partial charge is 0.272 e. The second-order valence-electron chi connectivity index (χ2n) is 7.91. The summed E-state index contributed by atoms with van der Waals surface area (Å²) in [7, 11) is 1.46. The Labute approximate surface area is 169 Å². The van der Waals surface area contributed by atoms with Crippen LogP contribution in [-0.4, -0.2) is 26.2 Å². The number of benzene rings is 2. The summed E-state index contributed by atoms with van der Waals surface area (Å²) >= 11 is 0. The molecule has 0 radical (unpaired) electrons. The molecule has 1 fully saturated rings. The maximum absolute atomic E-state index is 12.2. The van der Waals surface area contributed by atoms with Gasteiger partial charge in [0.25, 0.3) is 10.9 Å². The molecule has 0 N–H and O–H groups in total. The van der Waals surface area contributed by atoms with Crippen molar-refractivity contribution >= 4 is 17.1 Å². The molecule has 0 spiro atoms. The van der Waals surface area contributed by atoms with Crippen molar-refractivity contribution in [2.24, 2.45) is 0 Å². The van der Waals surface area contributed by atoms with E-state index in [4.69, 9.17) is 4.74 Å². The van der Waals surface area contributed by atoms with Crippen LogP contribution in [0.15, 0.2) is 58.1 Å². The molecule has 0 amide bonds. The highest BCUT2D eigenvalue weighted by Crippen LogP contribution is 2.40. The minimum Gasteiger partial charge on any atom is -0.491 e. The van der Waals surface area contributed by atoms with Crippen molar-refractivity contribution in [3.63, 3.8) is 0 Å². The number of piperidine rings is 1. The first kappa shape index (κ1) is 18.0. The first-order chi connectivity index (χ1) is 14.2. The van der Waals surface area contributed by atoms with Gasteiger partial charge in [0.05, 0.1) is 13.2 Å². The molecule has 3 aromatic carbocycles. The van der Waals surface area contributed by atoms with Crippen LogP contribution >= 0.6 is 0 Å². The molecule has 2 aliphatic rings. The zero-order valence-corrected chi connectivity index (χ0v) is 16.6. The molecule has 0 saturated carbocycles. The van der Waals surface area contributed by atoms with Gasteiger partial charge in [0.2, 0.25) is 0 Å². The van der Waals surface area contributed by atoms with Gasteiger partial charge in [0, 0.05) is 24.5 Å². The van der Waals surface area contributed by atoms with Crippen LogP contribution < -0.4 is 25.4 Å². The average molecular weight is 388 g/mol. The van der Waals surface area contributed by atoms with Gasteiger partial charge in [-0.2, -0.15) is 0 Å². The molecule has 1 saturated heterocycles. The van der Waals surface area contributed by atoms with Crippen LogP contribution in [0.3, 0.4) is 0 Å². The van der Waals surface area contributed by atoms with Gasteiger partial charge in [-0.05, 0) is 48.9 Å². The van der Waals surface area contributed by atoms with Crippen LogP contribution in [0.2, 0.25) is 0 Å². The lowest BCUT2D eigenvalue weighted by Crippen LogP contribution is -2.51. The van der Waals surface area contributed by atoms with E-state index in [1.807, 2.05) is 4.90 Å². The summed E-state index contributed by atoms with van der Waals surface area (Å²) in [6, 6.07) is 17.5. The van der Waals surface area contributed by atoms with Crippen LogP contribution in [0.25, 0.3) is 0 Å². The third kappa shape index (κ3) is 2.84. The molecule has 1 atom stereocenters. The van der Waals surface area contributed by atoms with Gasteiger partial charge in [0.1, 0.15) is 5.69 Å². The normalized spacial score (nSPS) is 18.9. The number of rotatable bonds is 3. The Kier molecular flexibility index (Phi) is 4.38. The van der Waals surface area contributed by atoms with Crippen molar-refractivity contribution in [3.8, 4) is 5.75 Å². The topological polar surface area (TPSA) is 49.9 Å². The number of nitrogens with zero attached hydrogens (tertiary/aromatic N) is 2. The minimum atomic E-state index is -0.505. The third-order valence-corrected chi connectivity index (χ3v) is 6.29. The molecule has 5 rings (SSSR count). The number of hydrogen-bond donors (Lipinski definition) is 0. The van der Waals surface area contributed by atoms with Gasteiger partial charge in [-0.1, -0.05) is 36.4 Å². The number of methoxy groups -OCH3 is 1. The molecule has 0 aliphatic carbocycles. The predicted octanol–water partition coefficient (Wildman–Crippen LogP) is 3.20. The summed E-state index contributed by atoms with van der Waals surface area (Å²) < 4.78 is 5.20. The fourth-order valence-electron chi connectivity index (χ4n) is 4.91. The van der Waals surface area contributed by atoms with Gasteiger partial charge in [-0.3, -0.25) is 9.59 Å². The van der Waals surface area contributed by atoms with Crippen molar-refractivity contribution in [1.82, 2.24) is 0 Å². The number of ether oxygens (including phenoxy) is 1. The second kappa shape index (κ2) is 7.07. The Bertz CT molecular complexity index is 1080. The molecule has 1 unspecified atom stereocenters. The fourth-order valence-corrected chi connectivity index (χ4v) is 4.91. The summed E-state index contributed by atoms with van der Waals surface area (Å²) in [5.74, 6) is 0.215. The van der Waals surface area contributed by atoms with Crippen LogP contribution in [0, 0.1) is 0 Å². The quantitative estimate of drug-likeness (QED) is 0.645. The Morgan fingerprint density at radius 2 is 1.52 bits per heavy atom. The van der Waals surface area contributed by atoms with Crippen LogP contribution in [0.1, 0.15) is 24.0 Å². The van der Waals surface area contributed by atoms with Gasteiger partial charge in [0.15, 0.2) is 5.75 Å². The van der Waals surface area contributed by atoms with Crippen LogP contribution in [0.4, 0.5) is 17.1 Å². The van der Waals surface area contributed by atoms with Crippen molar-refractivity contribution in [2.45, 2.75) is 31.7 Å². The molecule has 148 valence electrons. The zero-order chi connectivity index (χ0) is 20.0. The Morgan fingerprint density at radius 3 is 2.14 bits per heavy atom. The van der Waals surface area contributed by atoms with Gasteiger partial charge in [-0.25, -0.2) is 0 Å². The van der Waals surface area contributed by atoms with E-state index in [0.717, 1.165) is 32.2 Å². The van der Waals surface area contributed by atoms with Crippen molar-refractivity contribution in [2.75, 3.05) is 30.0 Å². The molecule has 2 heterocycles. The number of hydrogen-bond acceptors (Lipinski definition) is 5. The van der Waals surface area contributed by atoms with Gasteiger partial charge >= 0.3 is 0 Å². The molecular formula is C24H24N2O3. The lowest BCUT2D eigenvalue weighted by molar-refractivity contribution is 0.400. The number of aryl methyl sites for hydroxylation is 2. The van der Waals surface area contributed by atoms with E-state index in [9.17, 15) is 9.59 Å². The maximum atomic E-state index is 12.2. The summed E-state index contributed by atoms with van der Waals surface area (Å²) in [4.78, 5) is 28.6. The van der Waals surface area contributed by atoms with E-state index < -0.39 is 10.9 Å². The molecule has 29 heavy (non-hydrogen) atoms. The van der Waals surface area contributed by atoms with E-state index in [2.05, 4.69) is 53.4 Å². The molecule has 3 aromatic rings. The lowest BCUT2D eigenvalue weighted by Gasteiger charge is -2.42. The molecule has 0 aromatic heterocycles. The van der Waals surface area contributed by atoms with Crippen molar-refractivity contribution in [3.05, 3.63) is 80.1 Å². The number of fused-ring (bicyclic) bond motifs is 2. The monoisotopic (exact) mass is 388 g/mol. The second-order valence-corrected chi connectivity index (χ2v) is 7.91. The largest absolute Gasteiger partial charge is 0.491 e. The molecular weight excluding hydrogens is 364 g/mol. The van der Waals surface area contributed by atoms with Gasteiger partial charge < -0.3 is 14.5 Å². The van der Waals surface area contributed by atoms with Crippen molar-refractivity contribution < 1.29 is 4.74 Å². The highest BCUT2D eigenvalue weighted by atomic mass is 16.5. The zero-order valence-electron chi connectivity index (χ0n) is 16.6. The highest BCUT2D eigenvalue weighted by molar-refractivity contribution is 5.73. The molecule has 2 aliphatic heterocycles. The summed E-state index contributed by atoms with van der Waals surface area (Å²) in [6.07, 6.45) is 4.04. The van der Waals surface area contributed by atoms with E-state index in [-0.39, 0.29) is 11.8 Å². The highest BCUT2D eigenvalue weighted by Gasteiger charge is 2.34. The van der Waals surface area contributed by atoms with Gasteiger partial charge in [-0.15, -0.1) is 0 Å². The summed E-state index contributed by atoms with van der Waals surface area (Å²) in [5, 5.41) is 0. The fraction of sp³-hybridized carbons (Fsp3) is 0.333. The summed E-state index contributed by atoms with van der Waals surface area (Å²) in [6.45, 7) is 1.47. The van der Waals surface area contributed by atoms with E-state index in [1.165, 1.54) is 29.6 Å². The van der Waals surface area contributed by atoms with Crippen LogP contribution in [0.5, 0.6) is 5.75 Å². The third-order valence-electron chi connectivity index (χ3n) is 6.29. The minimum absolute atomic E-state index is 0.215. The first-order valence-electron chi connectivity index (χ1n) is 10.3. The standard InChI is InChI=1S/C24H24N2O3/c1-29-24-21(22(27)23(24)28)25-14-6-9-18(15-25)26-19-10-4-2-7-16(19)12-13-17-8-3-5-11-20(17)26/h2-5,7-8,10-11,18H,6,9,12-15H2,1H3. The SMILES string of the molecule is COc1c(N2CCCC(N3c4ccccc4CCc4ccccc43)C2)c(=O)c1=O. The van der Waals surface area contributed by atoms with Crippen molar-refractivity contribution in [1.29, 1.82) is 0 Å². The van der Waals surface area contributed by atoms with E-state index >= 15 is 0 Å². The predicted molar refractivity (Wildman–Crippen MR) is 116 cm³/mol. The lowest BCUT2D eigenvalue weighted by atomic mass is 9.99.